The highest BCUT2D eigenvalue weighted by Gasteiger charge is 2.29. The summed E-state index contributed by atoms with van der Waals surface area (Å²) < 4.78 is 0. The summed E-state index contributed by atoms with van der Waals surface area (Å²) in [4.78, 5) is 33.4. The Kier molecular flexibility index (Phi) is 6.08. The highest BCUT2D eigenvalue weighted by Crippen LogP contribution is 2.29. The summed E-state index contributed by atoms with van der Waals surface area (Å²) in [7, 11) is 0. The zero-order valence-corrected chi connectivity index (χ0v) is 15.7. The van der Waals surface area contributed by atoms with E-state index in [0.29, 0.717) is 10.3 Å². The van der Waals surface area contributed by atoms with Crippen LogP contribution in [-0.2, 0) is 9.59 Å². The molecular formula is C18H18N4O2S2. The standard InChI is InChI=1S/C18H18N4O2S2/c1-12(13-5-3-2-4-6-13)14(16(24)22-18-20-8-10-26-18)11-15(23)21-17-19-7-9-25-17/h2-10,12,14H,11H2,1H3,(H,19,21,23)(H,20,22,24). The molecule has 26 heavy (non-hydrogen) atoms. The Morgan fingerprint density at radius 2 is 1.62 bits per heavy atom. The summed E-state index contributed by atoms with van der Waals surface area (Å²) in [6.07, 6.45) is 3.32. The number of aromatic nitrogens is 2. The molecule has 0 aliphatic heterocycles. The lowest BCUT2D eigenvalue weighted by Crippen LogP contribution is -2.31. The van der Waals surface area contributed by atoms with E-state index in [-0.39, 0.29) is 24.2 Å². The Morgan fingerprint density at radius 3 is 2.19 bits per heavy atom. The largest absolute Gasteiger partial charge is 0.302 e. The fraction of sp³-hybridized carbons (Fsp3) is 0.222. The lowest BCUT2D eigenvalue weighted by molar-refractivity contribution is -0.125. The van der Waals surface area contributed by atoms with Gasteiger partial charge in [0.25, 0.3) is 0 Å². The van der Waals surface area contributed by atoms with Crippen LogP contribution in [0, 0.1) is 5.92 Å². The predicted molar refractivity (Wildman–Crippen MR) is 104 cm³/mol. The van der Waals surface area contributed by atoms with Crippen molar-refractivity contribution >= 4 is 44.8 Å². The minimum absolute atomic E-state index is 0.0624. The molecule has 0 bridgehead atoms. The van der Waals surface area contributed by atoms with Gasteiger partial charge in [-0.15, -0.1) is 22.7 Å². The number of amides is 2. The van der Waals surface area contributed by atoms with Gasteiger partial charge in [-0.3, -0.25) is 9.59 Å². The SMILES string of the molecule is CC(c1ccccc1)C(CC(=O)Nc1nccs1)C(=O)Nc1nccs1. The van der Waals surface area contributed by atoms with Crippen molar-refractivity contribution < 1.29 is 9.59 Å². The van der Waals surface area contributed by atoms with Gasteiger partial charge in [0.1, 0.15) is 0 Å². The van der Waals surface area contributed by atoms with Crippen LogP contribution in [0.5, 0.6) is 0 Å². The van der Waals surface area contributed by atoms with E-state index in [1.54, 1.807) is 23.2 Å². The molecule has 1 aromatic carbocycles. The second-order valence-corrected chi connectivity index (χ2v) is 7.51. The van der Waals surface area contributed by atoms with Crippen LogP contribution in [0.4, 0.5) is 10.3 Å². The maximum atomic E-state index is 12.8. The summed E-state index contributed by atoms with van der Waals surface area (Å²) in [6, 6.07) is 9.71. The molecule has 6 nitrogen and oxygen atoms in total. The number of carbonyl (C=O) groups is 2. The summed E-state index contributed by atoms with van der Waals surface area (Å²) in [6.45, 7) is 1.96. The van der Waals surface area contributed by atoms with Crippen molar-refractivity contribution in [2.45, 2.75) is 19.3 Å². The van der Waals surface area contributed by atoms with Gasteiger partial charge in [0.2, 0.25) is 11.8 Å². The van der Waals surface area contributed by atoms with Crippen LogP contribution in [0.15, 0.2) is 53.5 Å². The average molecular weight is 387 g/mol. The number of nitrogens with one attached hydrogen (secondary N) is 2. The number of rotatable bonds is 7. The zero-order chi connectivity index (χ0) is 18.4. The van der Waals surface area contributed by atoms with Crippen molar-refractivity contribution in [3.8, 4) is 0 Å². The van der Waals surface area contributed by atoms with Crippen LogP contribution in [0.1, 0.15) is 24.8 Å². The molecule has 2 heterocycles. The number of anilines is 2. The molecule has 0 saturated heterocycles. The molecule has 2 amide bonds. The average Bonchev–Trinajstić information content (AvgIpc) is 3.34. The van der Waals surface area contributed by atoms with Gasteiger partial charge < -0.3 is 10.6 Å². The van der Waals surface area contributed by atoms with Crippen LogP contribution in [0.2, 0.25) is 0 Å². The van der Waals surface area contributed by atoms with E-state index >= 15 is 0 Å². The Labute approximate surface area is 159 Å². The van der Waals surface area contributed by atoms with Gasteiger partial charge in [-0.1, -0.05) is 37.3 Å². The lowest BCUT2D eigenvalue weighted by Gasteiger charge is -2.22. The molecule has 0 aliphatic rings. The summed E-state index contributed by atoms with van der Waals surface area (Å²) in [5.41, 5.74) is 1.01. The van der Waals surface area contributed by atoms with Crippen molar-refractivity contribution in [2.24, 2.45) is 5.92 Å². The highest BCUT2D eigenvalue weighted by molar-refractivity contribution is 7.14. The first-order valence-corrected chi connectivity index (χ1v) is 9.84. The quantitative estimate of drug-likeness (QED) is 0.643. The van der Waals surface area contributed by atoms with Crippen molar-refractivity contribution in [1.82, 2.24) is 9.97 Å². The van der Waals surface area contributed by atoms with Gasteiger partial charge in [0.15, 0.2) is 10.3 Å². The monoisotopic (exact) mass is 386 g/mol. The van der Waals surface area contributed by atoms with E-state index < -0.39 is 5.92 Å². The molecule has 2 unspecified atom stereocenters. The van der Waals surface area contributed by atoms with Crippen molar-refractivity contribution in [1.29, 1.82) is 0 Å². The molecule has 0 saturated carbocycles. The first-order chi connectivity index (χ1) is 12.6. The highest BCUT2D eigenvalue weighted by atomic mass is 32.1. The molecule has 2 N–H and O–H groups in total. The van der Waals surface area contributed by atoms with Gasteiger partial charge in [0, 0.05) is 29.6 Å². The third-order valence-corrected chi connectivity index (χ3v) is 5.39. The maximum absolute atomic E-state index is 12.8. The zero-order valence-electron chi connectivity index (χ0n) is 14.1. The molecule has 3 aromatic rings. The number of carbonyl (C=O) groups excluding carboxylic acids is 2. The molecule has 0 spiro atoms. The number of nitrogens with zero attached hydrogens (tertiary/aromatic N) is 2. The number of thiazole rings is 2. The second-order valence-electron chi connectivity index (χ2n) is 5.72. The Balaban J connectivity index is 1.76. The smallest absolute Gasteiger partial charge is 0.230 e. The summed E-state index contributed by atoms with van der Waals surface area (Å²) in [5, 5.41) is 10.2. The molecule has 0 fully saturated rings. The summed E-state index contributed by atoms with van der Waals surface area (Å²) in [5.74, 6) is -1.10. The molecule has 0 radical (unpaired) electrons. The number of benzene rings is 1. The minimum Gasteiger partial charge on any atom is -0.302 e. The molecule has 2 aromatic heterocycles. The maximum Gasteiger partial charge on any atom is 0.230 e. The Hall–Kier alpha value is -2.58. The molecule has 3 rings (SSSR count). The first kappa shape index (κ1) is 18.2. The van der Waals surface area contributed by atoms with Gasteiger partial charge in [-0.05, 0) is 11.5 Å². The third-order valence-electron chi connectivity index (χ3n) is 4.01. The van der Waals surface area contributed by atoms with Crippen molar-refractivity contribution in [3.05, 3.63) is 59.0 Å². The molecule has 134 valence electrons. The molecular weight excluding hydrogens is 368 g/mol. The van der Waals surface area contributed by atoms with Crippen molar-refractivity contribution in [2.75, 3.05) is 10.6 Å². The second kappa shape index (κ2) is 8.68. The van der Waals surface area contributed by atoms with Gasteiger partial charge in [-0.25, -0.2) is 9.97 Å². The van der Waals surface area contributed by atoms with Gasteiger partial charge in [0.05, 0.1) is 5.92 Å². The van der Waals surface area contributed by atoms with E-state index in [1.807, 2.05) is 37.3 Å². The molecule has 8 heteroatoms. The third kappa shape index (κ3) is 4.74. The summed E-state index contributed by atoms with van der Waals surface area (Å²) >= 11 is 2.69. The van der Waals surface area contributed by atoms with Crippen LogP contribution in [0.3, 0.4) is 0 Å². The van der Waals surface area contributed by atoms with Crippen LogP contribution < -0.4 is 10.6 Å². The van der Waals surface area contributed by atoms with E-state index in [4.69, 9.17) is 0 Å². The van der Waals surface area contributed by atoms with E-state index in [9.17, 15) is 9.59 Å². The van der Waals surface area contributed by atoms with E-state index in [0.717, 1.165) is 5.56 Å². The fourth-order valence-corrected chi connectivity index (χ4v) is 3.70. The van der Waals surface area contributed by atoms with Gasteiger partial charge in [-0.2, -0.15) is 0 Å². The topological polar surface area (TPSA) is 84.0 Å². The fourth-order valence-electron chi connectivity index (χ4n) is 2.62. The van der Waals surface area contributed by atoms with Gasteiger partial charge >= 0.3 is 0 Å². The van der Waals surface area contributed by atoms with Crippen LogP contribution in [0.25, 0.3) is 0 Å². The number of hydrogen-bond acceptors (Lipinski definition) is 6. The van der Waals surface area contributed by atoms with Crippen molar-refractivity contribution in [3.63, 3.8) is 0 Å². The van der Waals surface area contributed by atoms with E-state index in [1.165, 1.54) is 22.7 Å². The van der Waals surface area contributed by atoms with E-state index in [2.05, 4.69) is 20.6 Å². The van der Waals surface area contributed by atoms with Crippen LogP contribution in [-0.4, -0.2) is 21.8 Å². The molecule has 2 atom stereocenters. The first-order valence-electron chi connectivity index (χ1n) is 8.08. The predicted octanol–water partition coefficient (Wildman–Crippen LogP) is 3.99. The minimum atomic E-state index is -0.527. The molecule has 0 aliphatic carbocycles. The lowest BCUT2D eigenvalue weighted by atomic mass is 9.84. The normalized spacial score (nSPS) is 13.0. The van der Waals surface area contributed by atoms with Crippen LogP contribution >= 0.6 is 22.7 Å². The number of hydrogen-bond donors (Lipinski definition) is 2. The Bertz CT molecular complexity index is 835. The Morgan fingerprint density at radius 1 is 1.00 bits per heavy atom.